The summed E-state index contributed by atoms with van der Waals surface area (Å²) in [6, 6.07) is 9.13. The number of aryl methyl sites for hydroxylation is 1. The van der Waals surface area contributed by atoms with Gasteiger partial charge in [0.2, 0.25) is 0 Å². The Bertz CT molecular complexity index is 1210. The van der Waals surface area contributed by atoms with Crippen molar-refractivity contribution in [1.29, 1.82) is 0 Å². The Kier molecular flexibility index (Phi) is 6.52. The number of nitrogens with zero attached hydrogens (tertiary/aromatic N) is 2. The van der Waals surface area contributed by atoms with Crippen LogP contribution in [0.15, 0.2) is 54.9 Å². The van der Waals surface area contributed by atoms with Crippen molar-refractivity contribution in [2.75, 3.05) is 13.7 Å². The zero-order chi connectivity index (χ0) is 23.4. The van der Waals surface area contributed by atoms with Crippen molar-refractivity contribution in [2.45, 2.75) is 25.5 Å². The van der Waals surface area contributed by atoms with Gasteiger partial charge in [-0.2, -0.15) is 0 Å². The minimum atomic E-state index is -1.38. The van der Waals surface area contributed by atoms with Crippen molar-refractivity contribution in [3.63, 3.8) is 0 Å². The van der Waals surface area contributed by atoms with Gasteiger partial charge in [0, 0.05) is 36.5 Å². The lowest BCUT2D eigenvalue weighted by atomic mass is 9.93. The lowest BCUT2D eigenvalue weighted by Crippen LogP contribution is -2.39. The second-order valence-corrected chi connectivity index (χ2v) is 8.59. The van der Waals surface area contributed by atoms with E-state index in [-0.39, 0.29) is 25.5 Å². The first-order chi connectivity index (χ1) is 15.9. The topological polar surface area (TPSA) is 111 Å². The van der Waals surface area contributed by atoms with E-state index in [2.05, 4.69) is 15.3 Å². The molecule has 3 aromatic rings. The highest BCUT2D eigenvalue weighted by Crippen LogP contribution is 2.29. The number of nitrogens with one attached hydrogen (secondary N) is 1. The molecule has 4 rings (SSSR count). The molecular weight excluding hydrogens is 442 g/mol. The number of hydrogen-bond donors (Lipinski definition) is 2. The molecule has 1 aliphatic rings. The van der Waals surface area contributed by atoms with Gasteiger partial charge in [-0.25, -0.2) is 9.78 Å². The molecule has 0 spiro atoms. The Labute approximate surface area is 194 Å². The molecule has 170 valence electrons. The van der Waals surface area contributed by atoms with Gasteiger partial charge in [-0.15, -0.1) is 11.3 Å². The van der Waals surface area contributed by atoms with Crippen LogP contribution in [0.4, 0.5) is 0 Å². The monoisotopic (exact) mass is 465 g/mol. The molecular formula is C24H23N3O5S. The van der Waals surface area contributed by atoms with Gasteiger partial charge >= 0.3 is 5.97 Å². The average molecular weight is 466 g/mol. The van der Waals surface area contributed by atoms with E-state index < -0.39 is 11.6 Å². The molecule has 1 atom stereocenters. The van der Waals surface area contributed by atoms with Crippen molar-refractivity contribution in [1.82, 2.24) is 15.3 Å². The van der Waals surface area contributed by atoms with Gasteiger partial charge in [-0.3, -0.25) is 9.78 Å². The molecule has 2 N–H and O–H groups in total. The van der Waals surface area contributed by atoms with Crippen LogP contribution in [0, 0.1) is 6.92 Å². The number of ether oxygens (including phenoxy) is 2. The smallest absolute Gasteiger partial charge is 0.340 e. The highest BCUT2D eigenvalue weighted by Gasteiger charge is 2.39. The number of benzene rings is 1. The minimum absolute atomic E-state index is 0.173. The SMILES string of the molecule is COc1ccc(CC2(C(=O)O)C=CCO2)cc1CNC(=O)c1sc(-c2cccnc2)nc1C. The first kappa shape index (κ1) is 22.6. The summed E-state index contributed by atoms with van der Waals surface area (Å²) in [5, 5.41) is 13.3. The van der Waals surface area contributed by atoms with Crippen molar-refractivity contribution >= 4 is 23.2 Å². The number of carbonyl (C=O) groups is 2. The van der Waals surface area contributed by atoms with Crippen LogP contribution in [0.5, 0.6) is 5.75 Å². The van der Waals surface area contributed by atoms with Gasteiger partial charge in [-0.05, 0) is 36.8 Å². The molecule has 1 unspecified atom stereocenters. The first-order valence-electron chi connectivity index (χ1n) is 10.3. The molecule has 2 aromatic heterocycles. The number of pyridine rings is 1. The van der Waals surface area contributed by atoms with Crippen LogP contribution in [0.1, 0.15) is 26.5 Å². The molecule has 33 heavy (non-hydrogen) atoms. The highest BCUT2D eigenvalue weighted by atomic mass is 32.1. The Morgan fingerprint density at radius 1 is 1.33 bits per heavy atom. The molecule has 0 fully saturated rings. The number of hydrogen-bond acceptors (Lipinski definition) is 7. The van der Waals surface area contributed by atoms with Crippen molar-refractivity contribution < 1.29 is 24.2 Å². The molecule has 8 nitrogen and oxygen atoms in total. The summed E-state index contributed by atoms with van der Waals surface area (Å²) < 4.78 is 10.9. The quantitative estimate of drug-likeness (QED) is 0.491. The summed E-state index contributed by atoms with van der Waals surface area (Å²) >= 11 is 1.31. The molecule has 1 amide bonds. The van der Waals surface area contributed by atoms with Crippen LogP contribution in [0.3, 0.4) is 0 Å². The fraction of sp³-hybridized carbons (Fsp3) is 0.250. The third-order valence-corrected chi connectivity index (χ3v) is 6.55. The number of aromatic nitrogens is 2. The van der Waals surface area contributed by atoms with Crippen LogP contribution in [-0.4, -0.2) is 46.3 Å². The number of carbonyl (C=O) groups excluding carboxylic acids is 1. The van der Waals surface area contributed by atoms with Crippen LogP contribution >= 0.6 is 11.3 Å². The van der Waals surface area contributed by atoms with E-state index in [0.29, 0.717) is 16.3 Å². The Morgan fingerprint density at radius 2 is 2.18 bits per heavy atom. The second-order valence-electron chi connectivity index (χ2n) is 7.59. The number of carboxylic acid groups (broad SMARTS) is 1. The lowest BCUT2D eigenvalue weighted by molar-refractivity contribution is -0.156. The molecule has 9 heteroatoms. The number of rotatable bonds is 8. The normalized spacial score (nSPS) is 17.2. The van der Waals surface area contributed by atoms with E-state index >= 15 is 0 Å². The van der Waals surface area contributed by atoms with Crippen molar-refractivity contribution in [3.05, 3.63) is 76.6 Å². The maximum atomic E-state index is 12.9. The number of carboxylic acids is 1. The number of methoxy groups -OCH3 is 1. The molecule has 1 aliphatic heterocycles. The molecule has 3 heterocycles. The van der Waals surface area contributed by atoms with E-state index in [1.54, 1.807) is 50.7 Å². The summed E-state index contributed by atoms with van der Waals surface area (Å²) in [7, 11) is 1.55. The summed E-state index contributed by atoms with van der Waals surface area (Å²) in [6.45, 7) is 2.28. The van der Waals surface area contributed by atoms with Gasteiger partial charge in [0.25, 0.3) is 5.91 Å². The molecule has 0 bridgehead atoms. The summed E-state index contributed by atoms with van der Waals surface area (Å²) in [5.41, 5.74) is 1.62. The van der Waals surface area contributed by atoms with Crippen LogP contribution < -0.4 is 10.1 Å². The Hall–Kier alpha value is -3.56. The zero-order valence-electron chi connectivity index (χ0n) is 18.2. The molecule has 1 aromatic carbocycles. The van der Waals surface area contributed by atoms with Crippen molar-refractivity contribution in [3.8, 4) is 16.3 Å². The number of thiazole rings is 1. The van der Waals surface area contributed by atoms with Gasteiger partial charge in [0.1, 0.15) is 15.6 Å². The maximum Gasteiger partial charge on any atom is 0.340 e. The third-order valence-electron chi connectivity index (χ3n) is 5.35. The Morgan fingerprint density at radius 3 is 2.85 bits per heavy atom. The largest absolute Gasteiger partial charge is 0.496 e. The fourth-order valence-electron chi connectivity index (χ4n) is 3.66. The molecule has 0 aliphatic carbocycles. The summed E-state index contributed by atoms with van der Waals surface area (Å²) in [5.74, 6) is -0.674. The van der Waals surface area contributed by atoms with E-state index in [9.17, 15) is 14.7 Å². The van der Waals surface area contributed by atoms with E-state index in [4.69, 9.17) is 9.47 Å². The van der Waals surface area contributed by atoms with E-state index in [0.717, 1.165) is 21.7 Å². The van der Waals surface area contributed by atoms with Crippen LogP contribution in [-0.2, 0) is 22.5 Å². The van der Waals surface area contributed by atoms with Gasteiger partial charge in [0.05, 0.1) is 19.4 Å². The number of amides is 1. The molecule has 0 saturated carbocycles. The highest BCUT2D eigenvalue weighted by molar-refractivity contribution is 7.17. The zero-order valence-corrected chi connectivity index (χ0v) is 19.0. The van der Waals surface area contributed by atoms with Gasteiger partial charge < -0.3 is 19.9 Å². The van der Waals surface area contributed by atoms with E-state index in [1.807, 2.05) is 18.2 Å². The van der Waals surface area contributed by atoms with Crippen molar-refractivity contribution in [2.24, 2.45) is 0 Å². The maximum absolute atomic E-state index is 12.9. The number of aliphatic carboxylic acids is 1. The van der Waals surface area contributed by atoms with Gasteiger partial charge in [-0.1, -0.05) is 18.2 Å². The van der Waals surface area contributed by atoms with Crippen LogP contribution in [0.25, 0.3) is 10.6 Å². The third kappa shape index (κ3) is 4.79. The Balaban J connectivity index is 1.50. The van der Waals surface area contributed by atoms with E-state index in [1.165, 1.54) is 11.3 Å². The molecule has 0 saturated heterocycles. The molecule has 0 radical (unpaired) electrons. The predicted octanol–water partition coefficient (Wildman–Crippen LogP) is 3.40. The standard InChI is InChI=1S/C24H23N3O5S/c1-15-20(33-22(27-15)17-5-3-9-25-13-17)21(28)26-14-18-11-16(6-7-19(18)31-2)12-24(23(29)30)8-4-10-32-24/h3-9,11,13H,10,12,14H2,1-2H3,(H,26,28)(H,29,30). The predicted molar refractivity (Wildman–Crippen MR) is 123 cm³/mol. The summed E-state index contributed by atoms with van der Waals surface area (Å²) in [6.07, 6.45) is 6.85. The second kappa shape index (κ2) is 9.51. The summed E-state index contributed by atoms with van der Waals surface area (Å²) in [4.78, 5) is 33.8. The lowest BCUT2D eigenvalue weighted by Gasteiger charge is -2.22. The first-order valence-corrected chi connectivity index (χ1v) is 11.1. The van der Waals surface area contributed by atoms with Gasteiger partial charge in [0.15, 0.2) is 5.60 Å². The average Bonchev–Trinajstić information content (AvgIpc) is 3.46. The minimum Gasteiger partial charge on any atom is -0.496 e. The fourth-order valence-corrected chi connectivity index (χ4v) is 4.63. The van der Waals surface area contributed by atoms with Crippen LogP contribution in [0.2, 0.25) is 0 Å².